The fraction of sp³-hybridized carbons (Fsp3) is 0.115. The quantitative estimate of drug-likeness (QED) is 0.436. The molecule has 0 saturated carbocycles. The maximum Gasteiger partial charge on any atom is 0.280 e. The number of anilines is 1. The molecule has 0 unspecified atom stereocenters. The van der Waals surface area contributed by atoms with E-state index in [-0.39, 0.29) is 11.5 Å². The Morgan fingerprint density at radius 2 is 1.88 bits per heavy atom. The molecular weight excluding hydrogens is 500 g/mol. The van der Waals surface area contributed by atoms with Crippen molar-refractivity contribution in [3.05, 3.63) is 93.5 Å². The van der Waals surface area contributed by atoms with E-state index < -0.39 is 5.97 Å². The lowest BCUT2D eigenvalue weighted by molar-refractivity contribution is -0.255. The molecule has 0 N–H and O–H groups in total. The number of hydrogen-bond donors (Lipinski definition) is 0. The Bertz CT molecular complexity index is 1320. The number of amides is 1. The topological polar surface area (TPSA) is 91.3 Å². The number of ether oxygens (including phenoxy) is 2. The molecule has 34 heavy (non-hydrogen) atoms. The van der Waals surface area contributed by atoms with E-state index in [1.54, 1.807) is 32.2 Å². The number of carboxylic acid groups (broad SMARTS) is 1. The number of aromatic carboxylic acids is 1. The molecule has 0 aromatic heterocycles. The average molecular weight is 520 g/mol. The zero-order valence-electron chi connectivity index (χ0n) is 18.4. The first-order valence-electron chi connectivity index (χ1n) is 10.3. The van der Waals surface area contributed by atoms with Crippen LogP contribution in [0, 0.1) is 0 Å². The normalized spacial score (nSPS) is 14.3. The summed E-state index contributed by atoms with van der Waals surface area (Å²) in [7, 11) is 1.55. The third-order valence-electron chi connectivity index (χ3n) is 5.18. The summed E-state index contributed by atoms with van der Waals surface area (Å²) in [6.45, 7) is 2.09. The minimum Gasteiger partial charge on any atom is -0.545 e. The van der Waals surface area contributed by atoms with Crippen molar-refractivity contribution in [1.82, 2.24) is 0 Å². The summed E-state index contributed by atoms with van der Waals surface area (Å²) in [6.07, 6.45) is 1.71. The van der Waals surface area contributed by atoms with E-state index in [1.165, 1.54) is 23.2 Å². The fourth-order valence-corrected chi connectivity index (χ4v) is 4.06. The molecule has 0 atom stereocenters. The molecule has 172 valence electrons. The van der Waals surface area contributed by atoms with Gasteiger partial charge in [-0.3, -0.25) is 4.79 Å². The van der Waals surface area contributed by atoms with Gasteiger partial charge in [-0.1, -0.05) is 42.5 Å². The van der Waals surface area contributed by atoms with E-state index in [0.717, 1.165) is 5.56 Å². The second kappa shape index (κ2) is 9.93. The predicted molar refractivity (Wildman–Crippen MR) is 131 cm³/mol. The van der Waals surface area contributed by atoms with Crippen LogP contribution in [-0.4, -0.2) is 24.7 Å². The van der Waals surface area contributed by atoms with Gasteiger partial charge in [-0.25, -0.2) is 0 Å². The van der Waals surface area contributed by atoms with E-state index in [9.17, 15) is 14.7 Å². The number of hydrogen-bond acceptors (Lipinski definition) is 6. The number of halogens is 1. The van der Waals surface area contributed by atoms with Crippen LogP contribution in [0.25, 0.3) is 6.08 Å². The summed E-state index contributed by atoms with van der Waals surface area (Å²) in [4.78, 5) is 24.3. The predicted octanol–water partition coefficient (Wildman–Crippen LogP) is 4.21. The molecule has 1 heterocycles. The molecule has 0 saturated heterocycles. The molecule has 0 spiro atoms. The van der Waals surface area contributed by atoms with Crippen LogP contribution in [0.1, 0.15) is 28.4 Å². The average Bonchev–Trinajstić information content (AvgIpc) is 3.12. The van der Waals surface area contributed by atoms with Gasteiger partial charge in [0.15, 0.2) is 11.5 Å². The van der Waals surface area contributed by atoms with Crippen LogP contribution in [0.4, 0.5) is 5.69 Å². The van der Waals surface area contributed by atoms with Crippen LogP contribution < -0.4 is 19.6 Å². The first-order chi connectivity index (χ1) is 16.4. The van der Waals surface area contributed by atoms with Crippen molar-refractivity contribution >= 4 is 45.3 Å². The third-order valence-corrected chi connectivity index (χ3v) is 5.77. The van der Waals surface area contributed by atoms with Crippen LogP contribution in [-0.2, 0) is 11.4 Å². The van der Waals surface area contributed by atoms with Crippen LogP contribution in [0.5, 0.6) is 11.5 Å². The van der Waals surface area contributed by atoms with Crippen molar-refractivity contribution < 1.29 is 24.2 Å². The summed E-state index contributed by atoms with van der Waals surface area (Å²) in [6, 6.07) is 19.3. The first kappa shape index (κ1) is 23.3. The van der Waals surface area contributed by atoms with E-state index in [2.05, 4.69) is 21.0 Å². The van der Waals surface area contributed by atoms with E-state index >= 15 is 0 Å². The zero-order chi connectivity index (χ0) is 24.2. The molecule has 1 aliphatic rings. The van der Waals surface area contributed by atoms with E-state index in [4.69, 9.17) is 9.47 Å². The van der Waals surface area contributed by atoms with Gasteiger partial charge in [0.25, 0.3) is 5.91 Å². The number of carbonyl (C=O) groups excluding carboxylic acids is 2. The number of methoxy groups -OCH3 is 1. The molecule has 8 heteroatoms. The number of nitrogens with zero attached hydrogens (tertiary/aromatic N) is 2. The Morgan fingerprint density at radius 1 is 1.12 bits per heavy atom. The van der Waals surface area contributed by atoms with Crippen LogP contribution in [0.2, 0.25) is 0 Å². The lowest BCUT2D eigenvalue weighted by Gasteiger charge is -2.14. The molecular formula is C26H20BrN2O5-. The Labute approximate surface area is 205 Å². The summed E-state index contributed by atoms with van der Waals surface area (Å²) in [5.41, 5.74) is 2.93. The van der Waals surface area contributed by atoms with Crippen molar-refractivity contribution in [3.8, 4) is 11.5 Å². The van der Waals surface area contributed by atoms with Crippen LogP contribution >= 0.6 is 15.9 Å². The Kier molecular flexibility index (Phi) is 6.79. The molecule has 4 rings (SSSR count). The zero-order valence-corrected chi connectivity index (χ0v) is 20.0. The number of hydrazone groups is 1. The largest absolute Gasteiger partial charge is 0.545 e. The van der Waals surface area contributed by atoms with Gasteiger partial charge in [0, 0.05) is 0 Å². The molecule has 3 aromatic carbocycles. The lowest BCUT2D eigenvalue weighted by Crippen LogP contribution is -2.24. The van der Waals surface area contributed by atoms with Gasteiger partial charge in [-0.05, 0) is 69.9 Å². The molecule has 0 radical (unpaired) electrons. The minimum absolute atomic E-state index is 0.0321. The highest BCUT2D eigenvalue weighted by Gasteiger charge is 2.29. The van der Waals surface area contributed by atoms with Crippen LogP contribution in [0.3, 0.4) is 0 Å². The third kappa shape index (κ3) is 4.87. The van der Waals surface area contributed by atoms with Gasteiger partial charge in [-0.15, -0.1) is 0 Å². The second-order valence-electron chi connectivity index (χ2n) is 7.51. The minimum atomic E-state index is -1.32. The molecule has 0 aliphatic carbocycles. The number of rotatable bonds is 7. The monoisotopic (exact) mass is 519 g/mol. The van der Waals surface area contributed by atoms with Crippen LogP contribution in [0.15, 0.2) is 81.9 Å². The molecule has 1 amide bonds. The van der Waals surface area contributed by atoms with Crippen molar-refractivity contribution in [2.75, 3.05) is 12.1 Å². The summed E-state index contributed by atoms with van der Waals surface area (Å²) in [5.74, 6) is -0.628. The molecule has 0 fully saturated rings. The highest BCUT2D eigenvalue weighted by Crippen LogP contribution is 2.38. The van der Waals surface area contributed by atoms with Crippen molar-refractivity contribution in [3.63, 3.8) is 0 Å². The van der Waals surface area contributed by atoms with Crippen molar-refractivity contribution in [2.45, 2.75) is 13.5 Å². The van der Waals surface area contributed by atoms with Crippen molar-refractivity contribution in [1.29, 1.82) is 0 Å². The molecule has 7 nitrogen and oxygen atoms in total. The standard InChI is InChI=1S/C26H21BrN2O5/c1-16-21(25(30)29(28-16)20-10-6-9-19(14-20)26(31)32)11-18-12-22(27)24(23(13-18)33-2)34-15-17-7-4-3-5-8-17/h3-14H,15H2,1-2H3,(H,31,32)/p-1/b21-11+. The Hall–Kier alpha value is -3.91. The molecule has 1 aliphatic heterocycles. The number of benzene rings is 3. The second-order valence-corrected chi connectivity index (χ2v) is 8.36. The maximum absolute atomic E-state index is 13.1. The first-order valence-corrected chi connectivity index (χ1v) is 11.1. The summed E-state index contributed by atoms with van der Waals surface area (Å²) >= 11 is 3.54. The highest BCUT2D eigenvalue weighted by molar-refractivity contribution is 9.10. The summed E-state index contributed by atoms with van der Waals surface area (Å²) < 4.78 is 12.2. The van der Waals surface area contributed by atoms with Gasteiger partial charge in [0.2, 0.25) is 0 Å². The number of carbonyl (C=O) groups is 2. The smallest absolute Gasteiger partial charge is 0.280 e. The Balaban J connectivity index is 1.60. The van der Waals surface area contributed by atoms with Gasteiger partial charge in [0.1, 0.15) is 6.61 Å². The Morgan fingerprint density at radius 3 is 2.59 bits per heavy atom. The van der Waals surface area contributed by atoms with Crippen molar-refractivity contribution in [2.24, 2.45) is 5.10 Å². The lowest BCUT2D eigenvalue weighted by atomic mass is 10.1. The maximum atomic E-state index is 13.1. The molecule has 3 aromatic rings. The van der Waals surface area contributed by atoms with Gasteiger partial charge in [0.05, 0.1) is 34.5 Å². The van der Waals surface area contributed by atoms with Gasteiger partial charge < -0.3 is 19.4 Å². The number of carboxylic acids is 1. The molecule has 0 bridgehead atoms. The van der Waals surface area contributed by atoms with Gasteiger partial charge >= 0.3 is 0 Å². The highest BCUT2D eigenvalue weighted by atomic mass is 79.9. The van der Waals surface area contributed by atoms with E-state index in [1.807, 2.05) is 36.4 Å². The fourth-order valence-electron chi connectivity index (χ4n) is 3.48. The SMILES string of the molecule is COc1cc(/C=C2/C(=O)N(c3cccc(C(=O)[O-])c3)N=C2C)cc(Br)c1OCc1ccccc1. The van der Waals surface area contributed by atoms with E-state index in [0.29, 0.717) is 45.1 Å². The summed E-state index contributed by atoms with van der Waals surface area (Å²) in [5, 5.41) is 16.7. The van der Waals surface area contributed by atoms with Gasteiger partial charge in [-0.2, -0.15) is 10.1 Å².